The Balaban J connectivity index is 0.00000385. The topological polar surface area (TPSA) is 78.4 Å². The number of morpholine rings is 1. The molecule has 1 aromatic carbocycles. The summed E-state index contributed by atoms with van der Waals surface area (Å²) in [5, 5.41) is 6.56. The standard InChI is InChI=1S/C24H39N5O3.HI/c1-19-5-8-21(22(15-19)32-18-20-6-7-20)16-26-24(27-17-23(30)28(2)3)25-9-4-10-29-11-13-31-14-12-29;/h5,8,15,20H,4,6-7,9-14,16-18H2,1-3H3,(H2,25,26,27);1H. The van der Waals surface area contributed by atoms with Crippen molar-refractivity contribution in [3.8, 4) is 5.75 Å². The van der Waals surface area contributed by atoms with E-state index in [0.717, 1.165) is 63.7 Å². The fraction of sp³-hybridized carbons (Fsp3) is 0.667. The first-order valence-electron chi connectivity index (χ1n) is 11.8. The van der Waals surface area contributed by atoms with Crippen LogP contribution in [0, 0.1) is 12.8 Å². The van der Waals surface area contributed by atoms with Gasteiger partial charge in [-0.05, 0) is 50.3 Å². The number of guanidine groups is 1. The summed E-state index contributed by atoms with van der Waals surface area (Å²) in [6.45, 7) is 8.99. The van der Waals surface area contributed by atoms with Crippen molar-refractivity contribution in [1.82, 2.24) is 20.4 Å². The van der Waals surface area contributed by atoms with Crippen LogP contribution in [0.5, 0.6) is 5.75 Å². The van der Waals surface area contributed by atoms with Crippen LogP contribution in [0.4, 0.5) is 0 Å². The molecule has 1 saturated carbocycles. The highest BCUT2D eigenvalue weighted by molar-refractivity contribution is 14.0. The zero-order valence-corrected chi connectivity index (χ0v) is 22.6. The summed E-state index contributed by atoms with van der Waals surface area (Å²) in [5.41, 5.74) is 2.24. The monoisotopic (exact) mass is 573 g/mol. The zero-order chi connectivity index (χ0) is 22.8. The number of hydrogen-bond acceptors (Lipinski definition) is 5. The lowest BCUT2D eigenvalue weighted by molar-refractivity contribution is -0.127. The van der Waals surface area contributed by atoms with E-state index in [4.69, 9.17) is 14.5 Å². The van der Waals surface area contributed by atoms with Crippen molar-refractivity contribution < 1.29 is 14.3 Å². The van der Waals surface area contributed by atoms with Gasteiger partial charge in [-0.25, -0.2) is 4.99 Å². The van der Waals surface area contributed by atoms with E-state index in [-0.39, 0.29) is 36.4 Å². The summed E-state index contributed by atoms with van der Waals surface area (Å²) < 4.78 is 11.5. The van der Waals surface area contributed by atoms with Crippen molar-refractivity contribution in [3.05, 3.63) is 29.3 Å². The summed E-state index contributed by atoms with van der Waals surface area (Å²) in [6, 6.07) is 6.26. The van der Waals surface area contributed by atoms with Crippen molar-refractivity contribution in [1.29, 1.82) is 0 Å². The molecule has 2 N–H and O–H groups in total. The Hall–Kier alpha value is -1.59. The Bertz CT molecular complexity index is 764. The highest BCUT2D eigenvalue weighted by atomic mass is 127. The Kier molecular flexibility index (Phi) is 12.3. The predicted octanol–water partition coefficient (Wildman–Crippen LogP) is 2.25. The number of aliphatic imine (C=N–C) groups is 1. The number of halogens is 1. The number of nitrogens with one attached hydrogen (secondary N) is 2. The number of amides is 1. The molecule has 33 heavy (non-hydrogen) atoms. The minimum absolute atomic E-state index is 0. The Morgan fingerprint density at radius 2 is 2.00 bits per heavy atom. The number of carbonyl (C=O) groups excluding carboxylic acids is 1. The lowest BCUT2D eigenvalue weighted by Crippen LogP contribution is -2.44. The van der Waals surface area contributed by atoms with Gasteiger partial charge >= 0.3 is 0 Å². The van der Waals surface area contributed by atoms with Gasteiger partial charge in [-0.2, -0.15) is 0 Å². The van der Waals surface area contributed by atoms with E-state index in [1.54, 1.807) is 19.0 Å². The van der Waals surface area contributed by atoms with Crippen molar-refractivity contribution in [3.63, 3.8) is 0 Å². The van der Waals surface area contributed by atoms with Gasteiger partial charge in [0.1, 0.15) is 5.75 Å². The molecule has 8 nitrogen and oxygen atoms in total. The number of nitrogens with zero attached hydrogens (tertiary/aromatic N) is 3. The molecule has 1 aliphatic carbocycles. The Morgan fingerprint density at radius 1 is 1.24 bits per heavy atom. The molecular weight excluding hydrogens is 533 g/mol. The maximum absolute atomic E-state index is 12.0. The number of aryl methyl sites for hydroxylation is 1. The molecule has 0 unspecified atom stereocenters. The van der Waals surface area contributed by atoms with Gasteiger partial charge in [0.15, 0.2) is 5.96 Å². The maximum Gasteiger partial charge on any atom is 0.241 e. The second-order valence-electron chi connectivity index (χ2n) is 8.91. The molecule has 0 radical (unpaired) electrons. The van der Waals surface area contributed by atoms with Crippen LogP contribution >= 0.6 is 24.0 Å². The second-order valence-corrected chi connectivity index (χ2v) is 8.91. The van der Waals surface area contributed by atoms with E-state index in [2.05, 4.69) is 40.7 Å². The van der Waals surface area contributed by atoms with Crippen LogP contribution in [0.1, 0.15) is 30.4 Å². The third kappa shape index (κ3) is 10.5. The van der Waals surface area contributed by atoms with Gasteiger partial charge in [-0.15, -0.1) is 24.0 Å². The van der Waals surface area contributed by atoms with Gasteiger partial charge in [0.2, 0.25) is 5.91 Å². The first-order valence-corrected chi connectivity index (χ1v) is 11.8. The first-order chi connectivity index (χ1) is 15.5. The molecule has 9 heteroatoms. The molecule has 0 bridgehead atoms. The van der Waals surface area contributed by atoms with E-state index in [1.807, 2.05) is 0 Å². The molecule has 186 valence electrons. The average Bonchev–Trinajstić information content (AvgIpc) is 3.62. The molecule has 0 spiro atoms. The summed E-state index contributed by atoms with van der Waals surface area (Å²) in [6.07, 6.45) is 3.53. The van der Waals surface area contributed by atoms with Gasteiger partial charge in [-0.1, -0.05) is 12.1 Å². The number of benzene rings is 1. The van der Waals surface area contributed by atoms with E-state index in [9.17, 15) is 4.79 Å². The third-order valence-electron chi connectivity index (χ3n) is 5.75. The van der Waals surface area contributed by atoms with Crippen LogP contribution in [0.25, 0.3) is 0 Å². The fourth-order valence-electron chi connectivity index (χ4n) is 3.41. The molecule has 1 saturated heterocycles. The zero-order valence-electron chi connectivity index (χ0n) is 20.3. The highest BCUT2D eigenvalue weighted by Crippen LogP contribution is 2.30. The van der Waals surface area contributed by atoms with Crippen LogP contribution in [-0.2, 0) is 16.1 Å². The molecule has 3 rings (SSSR count). The minimum atomic E-state index is 0. The van der Waals surface area contributed by atoms with Crippen molar-refractivity contribution in [2.75, 3.05) is 66.6 Å². The third-order valence-corrected chi connectivity index (χ3v) is 5.75. The summed E-state index contributed by atoms with van der Waals surface area (Å²) in [4.78, 5) is 20.8. The number of likely N-dealkylation sites (N-methyl/N-ethyl adjacent to an activating group) is 1. The maximum atomic E-state index is 12.0. The largest absolute Gasteiger partial charge is 0.493 e. The smallest absolute Gasteiger partial charge is 0.241 e. The molecule has 1 amide bonds. The number of rotatable bonds is 11. The molecule has 1 aliphatic heterocycles. The summed E-state index contributed by atoms with van der Waals surface area (Å²) >= 11 is 0. The van der Waals surface area contributed by atoms with Gasteiger partial charge in [0.05, 0.1) is 32.9 Å². The van der Waals surface area contributed by atoms with Crippen molar-refractivity contribution >= 4 is 35.8 Å². The molecule has 1 heterocycles. The van der Waals surface area contributed by atoms with Crippen LogP contribution in [0.15, 0.2) is 23.2 Å². The molecule has 2 fully saturated rings. The van der Waals surface area contributed by atoms with Crippen LogP contribution in [0.3, 0.4) is 0 Å². The predicted molar refractivity (Wildman–Crippen MR) is 143 cm³/mol. The molecular formula is C24H40IN5O3. The van der Waals surface area contributed by atoms with Gasteiger partial charge in [0.25, 0.3) is 0 Å². The van der Waals surface area contributed by atoms with Crippen LogP contribution in [-0.4, -0.2) is 88.3 Å². The molecule has 0 aromatic heterocycles. The fourth-order valence-corrected chi connectivity index (χ4v) is 3.41. The van der Waals surface area contributed by atoms with Gasteiger partial charge in [0, 0.05) is 39.3 Å². The number of hydrogen-bond donors (Lipinski definition) is 2. The lowest BCUT2D eigenvalue weighted by atomic mass is 10.1. The summed E-state index contributed by atoms with van der Waals surface area (Å²) in [5.74, 6) is 2.28. The second kappa shape index (κ2) is 14.6. The first kappa shape index (κ1) is 27.7. The Labute approximate surface area is 215 Å². The molecule has 0 atom stereocenters. The van der Waals surface area contributed by atoms with Gasteiger partial charge < -0.3 is 25.0 Å². The SMILES string of the molecule is Cc1ccc(CN=C(NCCCN2CCOCC2)NCC(=O)N(C)C)c(OCC2CC2)c1.I. The van der Waals surface area contributed by atoms with E-state index >= 15 is 0 Å². The summed E-state index contributed by atoms with van der Waals surface area (Å²) in [7, 11) is 3.51. The molecule has 2 aliphatic rings. The molecule has 1 aromatic rings. The quantitative estimate of drug-likeness (QED) is 0.183. The van der Waals surface area contributed by atoms with Crippen LogP contribution < -0.4 is 15.4 Å². The van der Waals surface area contributed by atoms with Crippen molar-refractivity contribution in [2.24, 2.45) is 10.9 Å². The number of carbonyl (C=O) groups is 1. The van der Waals surface area contributed by atoms with Crippen molar-refractivity contribution in [2.45, 2.75) is 32.7 Å². The Morgan fingerprint density at radius 3 is 2.70 bits per heavy atom. The number of ether oxygens (including phenoxy) is 2. The van der Waals surface area contributed by atoms with Gasteiger partial charge in [-0.3, -0.25) is 9.69 Å². The lowest BCUT2D eigenvalue weighted by Gasteiger charge is -2.26. The average molecular weight is 574 g/mol. The van der Waals surface area contributed by atoms with E-state index < -0.39 is 0 Å². The van der Waals surface area contributed by atoms with E-state index in [0.29, 0.717) is 18.4 Å². The van der Waals surface area contributed by atoms with E-state index in [1.165, 1.54) is 18.4 Å². The normalized spacial score (nSPS) is 16.6. The highest BCUT2D eigenvalue weighted by Gasteiger charge is 2.22. The minimum Gasteiger partial charge on any atom is -0.493 e. The van der Waals surface area contributed by atoms with Crippen LogP contribution in [0.2, 0.25) is 0 Å².